The van der Waals surface area contributed by atoms with E-state index >= 15 is 0 Å². The maximum atomic E-state index is 11.6. The summed E-state index contributed by atoms with van der Waals surface area (Å²) in [7, 11) is 0. The lowest BCUT2D eigenvalue weighted by atomic mass is 9.84. The van der Waals surface area contributed by atoms with Gasteiger partial charge in [-0.25, -0.2) is 4.98 Å². The first kappa shape index (κ1) is 10.4. The molecule has 2 heterocycles. The van der Waals surface area contributed by atoms with Crippen LogP contribution in [0.5, 0.6) is 0 Å². The molecule has 0 amide bonds. The van der Waals surface area contributed by atoms with Crippen LogP contribution in [0.25, 0.3) is 11.0 Å². The highest BCUT2D eigenvalue weighted by Gasteiger charge is 2.39. The first-order valence-electron chi connectivity index (χ1n) is 6.85. The molecule has 4 nitrogen and oxygen atoms in total. The van der Waals surface area contributed by atoms with E-state index in [-0.39, 0.29) is 5.56 Å². The van der Waals surface area contributed by atoms with Crippen LogP contribution < -0.4 is 5.56 Å². The number of H-pyrrole nitrogens is 2. The minimum Gasteiger partial charge on any atom is -0.355 e. The van der Waals surface area contributed by atoms with E-state index in [1.54, 1.807) is 0 Å². The number of fused-ring (bicyclic) bond motifs is 3. The maximum absolute atomic E-state index is 11.6. The fourth-order valence-corrected chi connectivity index (χ4v) is 4.07. The van der Waals surface area contributed by atoms with Gasteiger partial charge in [0.25, 0.3) is 5.56 Å². The summed E-state index contributed by atoms with van der Waals surface area (Å²) in [5, 5.41) is 0. The normalized spacial score (nSPS) is 30.3. The number of aromatic nitrogens is 3. The number of aromatic amines is 2. The largest absolute Gasteiger partial charge is 0.355 e. The SMILES string of the molecule is O=c1[nH]cnc2c(C[C@H]3C[C@@H]4CC[C@H]3C4)c[nH]c12. The molecule has 2 N–H and O–H groups in total. The summed E-state index contributed by atoms with van der Waals surface area (Å²) in [5.74, 6) is 2.70. The Kier molecular flexibility index (Phi) is 2.13. The molecule has 94 valence electrons. The molecule has 4 rings (SSSR count). The Bertz CT molecular complexity index is 642. The Hall–Kier alpha value is -1.58. The van der Waals surface area contributed by atoms with Crippen LogP contribution >= 0.6 is 0 Å². The Labute approximate surface area is 105 Å². The van der Waals surface area contributed by atoms with Gasteiger partial charge in [0, 0.05) is 6.20 Å². The molecular weight excluding hydrogens is 226 g/mol. The van der Waals surface area contributed by atoms with Gasteiger partial charge in [-0.05, 0) is 49.0 Å². The second-order valence-corrected chi connectivity index (χ2v) is 5.91. The van der Waals surface area contributed by atoms with Crippen molar-refractivity contribution in [1.82, 2.24) is 15.0 Å². The first-order chi connectivity index (χ1) is 8.81. The molecule has 2 aliphatic carbocycles. The predicted octanol–water partition coefficient (Wildman–Crippen LogP) is 2.23. The monoisotopic (exact) mass is 243 g/mol. The van der Waals surface area contributed by atoms with Gasteiger partial charge in [-0.3, -0.25) is 4.79 Å². The number of rotatable bonds is 2. The summed E-state index contributed by atoms with van der Waals surface area (Å²) in [5.41, 5.74) is 2.63. The van der Waals surface area contributed by atoms with Crippen LogP contribution in [0, 0.1) is 17.8 Å². The fourth-order valence-electron chi connectivity index (χ4n) is 4.07. The van der Waals surface area contributed by atoms with Crippen LogP contribution in [-0.4, -0.2) is 15.0 Å². The minimum atomic E-state index is -0.0702. The third kappa shape index (κ3) is 1.44. The lowest BCUT2D eigenvalue weighted by Crippen LogP contribution is -2.13. The van der Waals surface area contributed by atoms with Crippen molar-refractivity contribution in [2.75, 3.05) is 0 Å². The van der Waals surface area contributed by atoms with E-state index in [2.05, 4.69) is 15.0 Å². The zero-order chi connectivity index (χ0) is 12.1. The number of hydrogen-bond donors (Lipinski definition) is 2. The topological polar surface area (TPSA) is 61.5 Å². The van der Waals surface area contributed by atoms with Crippen molar-refractivity contribution < 1.29 is 0 Å². The maximum Gasteiger partial charge on any atom is 0.275 e. The fraction of sp³-hybridized carbons (Fsp3) is 0.571. The van der Waals surface area contributed by atoms with E-state index in [4.69, 9.17) is 0 Å². The lowest BCUT2D eigenvalue weighted by Gasteiger charge is -2.20. The van der Waals surface area contributed by atoms with Gasteiger partial charge >= 0.3 is 0 Å². The van der Waals surface area contributed by atoms with Crippen LogP contribution in [0.3, 0.4) is 0 Å². The van der Waals surface area contributed by atoms with Gasteiger partial charge in [-0.1, -0.05) is 6.42 Å². The van der Waals surface area contributed by atoms with Crippen molar-refractivity contribution in [2.24, 2.45) is 17.8 Å². The summed E-state index contributed by atoms with van der Waals surface area (Å²) >= 11 is 0. The molecular formula is C14H17N3O. The molecule has 18 heavy (non-hydrogen) atoms. The lowest BCUT2D eigenvalue weighted by molar-refractivity contribution is 0.332. The molecule has 0 aliphatic heterocycles. The molecule has 2 aliphatic rings. The van der Waals surface area contributed by atoms with Gasteiger partial charge in [0.2, 0.25) is 0 Å². The number of nitrogens with one attached hydrogen (secondary N) is 2. The van der Waals surface area contributed by atoms with E-state index < -0.39 is 0 Å². The van der Waals surface area contributed by atoms with Crippen molar-refractivity contribution in [3.05, 3.63) is 28.4 Å². The molecule has 2 saturated carbocycles. The standard InChI is InChI=1S/C14H17N3O/c18-14-13-12(16-7-17-14)11(6-15-13)5-10-4-8-1-2-9(10)3-8/h6-10,15H,1-5H2,(H,16,17,18)/t8-,9+,10-/m1/s1. The second-order valence-electron chi connectivity index (χ2n) is 5.91. The quantitative estimate of drug-likeness (QED) is 0.849. The van der Waals surface area contributed by atoms with Crippen LogP contribution in [0.4, 0.5) is 0 Å². The second kappa shape index (κ2) is 3.70. The summed E-state index contributed by atoms with van der Waals surface area (Å²) in [6.45, 7) is 0. The van der Waals surface area contributed by atoms with Gasteiger partial charge in [0.1, 0.15) is 5.52 Å². The average molecular weight is 243 g/mol. The number of nitrogens with zero attached hydrogens (tertiary/aromatic N) is 1. The van der Waals surface area contributed by atoms with E-state index in [1.807, 2.05) is 6.20 Å². The highest BCUT2D eigenvalue weighted by atomic mass is 16.1. The zero-order valence-corrected chi connectivity index (χ0v) is 10.3. The third-order valence-corrected chi connectivity index (χ3v) is 4.91. The van der Waals surface area contributed by atoms with Crippen molar-refractivity contribution in [2.45, 2.75) is 32.1 Å². The van der Waals surface area contributed by atoms with E-state index in [9.17, 15) is 4.79 Å². The average Bonchev–Trinajstić information content (AvgIpc) is 3.05. The third-order valence-electron chi connectivity index (χ3n) is 4.91. The molecule has 2 bridgehead atoms. The highest BCUT2D eigenvalue weighted by Crippen LogP contribution is 2.49. The Morgan fingerprint density at radius 1 is 1.28 bits per heavy atom. The van der Waals surface area contributed by atoms with E-state index in [0.29, 0.717) is 5.52 Å². The highest BCUT2D eigenvalue weighted by molar-refractivity contribution is 5.77. The van der Waals surface area contributed by atoms with Crippen molar-refractivity contribution >= 4 is 11.0 Å². The van der Waals surface area contributed by atoms with Gasteiger partial charge in [-0.15, -0.1) is 0 Å². The molecule has 0 radical (unpaired) electrons. The summed E-state index contributed by atoms with van der Waals surface area (Å²) in [4.78, 5) is 21.6. The molecule has 2 aromatic rings. The Balaban J connectivity index is 1.67. The van der Waals surface area contributed by atoms with Gasteiger partial charge in [0.05, 0.1) is 11.8 Å². The van der Waals surface area contributed by atoms with E-state index in [1.165, 1.54) is 37.6 Å². The summed E-state index contributed by atoms with van der Waals surface area (Å²) < 4.78 is 0. The van der Waals surface area contributed by atoms with Crippen molar-refractivity contribution in [3.8, 4) is 0 Å². The Morgan fingerprint density at radius 2 is 2.22 bits per heavy atom. The molecule has 3 atom stereocenters. The van der Waals surface area contributed by atoms with Crippen LogP contribution in [0.1, 0.15) is 31.2 Å². The zero-order valence-electron chi connectivity index (χ0n) is 10.3. The molecule has 0 saturated heterocycles. The minimum absolute atomic E-state index is 0.0702. The van der Waals surface area contributed by atoms with Gasteiger partial charge < -0.3 is 9.97 Å². The number of hydrogen-bond acceptors (Lipinski definition) is 2. The van der Waals surface area contributed by atoms with Crippen LogP contribution in [0.15, 0.2) is 17.3 Å². The smallest absolute Gasteiger partial charge is 0.275 e. The molecule has 2 aromatic heterocycles. The first-order valence-corrected chi connectivity index (χ1v) is 6.85. The molecule has 2 fully saturated rings. The van der Waals surface area contributed by atoms with Crippen LogP contribution in [-0.2, 0) is 6.42 Å². The summed E-state index contributed by atoms with van der Waals surface area (Å²) in [6, 6.07) is 0. The predicted molar refractivity (Wildman–Crippen MR) is 69.4 cm³/mol. The molecule has 4 heteroatoms. The Morgan fingerprint density at radius 3 is 3.00 bits per heavy atom. The molecule has 0 spiro atoms. The molecule has 0 aromatic carbocycles. The molecule has 0 unspecified atom stereocenters. The van der Waals surface area contributed by atoms with E-state index in [0.717, 1.165) is 29.7 Å². The van der Waals surface area contributed by atoms with Gasteiger partial charge in [0.15, 0.2) is 0 Å². The van der Waals surface area contributed by atoms with Gasteiger partial charge in [-0.2, -0.15) is 0 Å². The van der Waals surface area contributed by atoms with Crippen molar-refractivity contribution in [3.63, 3.8) is 0 Å². The van der Waals surface area contributed by atoms with Crippen LogP contribution in [0.2, 0.25) is 0 Å². The van der Waals surface area contributed by atoms with Crippen molar-refractivity contribution in [1.29, 1.82) is 0 Å². The summed E-state index contributed by atoms with van der Waals surface area (Å²) in [6.07, 6.45) is 10.2.